The number of hydrogen-bond acceptors (Lipinski definition) is 2. The molecule has 0 spiro atoms. The highest BCUT2D eigenvalue weighted by Crippen LogP contribution is 2.73. The van der Waals surface area contributed by atoms with Gasteiger partial charge >= 0.3 is 0 Å². The lowest BCUT2D eigenvalue weighted by Gasteiger charge is -2.48. The number of ketones is 1. The minimum Gasteiger partial charge on any atom is -0.294 e. The maximum Gasteiger partial charge on any atom is 0.169 e. The number of benzene rings is 2. The van der Waals surface area contributed by atoms with E-state index in [-0.39, 0.29) is 22.5 Å². The molecule has 0 saturated heterocycles. The Kier molecular flexibility index (Phi) is 3.36. The number of aromatic nitrogens is 1. The molecule has 3 aromatic rings. The van der Waals surface area contributed by atoms with Crippen molar-refractivity contribution < 1.29 is 4.79 Å². The van der Waals surface area contributed by atoms with Gasteiger partial charge in [-0.15, -0.1) is 0 Å². The first-order valence-electron chi connectivity index (χ1n) is 9.30. The van der Waals surface area contributed by atoms with E-state index in [9.17, 15) is 4.79 Å². The molecule has 26 heavy (non-hydrogen) atoms. The first kappa shape index (κ1) is 15.5. The molecule has 0 radical (unpaired) electrons. The van der Waals surface area contributed by atoms with Crippen LogP contribution in [0, 0.1) is 5.41 Å². The monoisotopic (exact) mass is 339 g/mol. The number of carbonyl (C=O) groups excluding carboxylic acids is 1. The Morgan fingerprint density at radius 3 is 2.15 bits per heavy atom. The van der Waals surface area contributed by atoms with E-state index in [0.29, 0.717) is 0 Å². The Hall–Kier alpha value is -2.74. The van der Waals surface area contributed by atoms with Crippen LogP contribution in [0.15, 0.2) is 85.1 Å². The normalized spacial score (nSPS) is 29.2. The summed E-state index contributed by atoms with van der Waals surface area (Å²) >= 11 is 0. The third kappa shape index (κ3) is 2.11. The van der Waals surface area contributed by atoms with Crippen molar-refractivity contribution in [3.05, 3.63) is 102 Å². The number of Topliss-reactive ketones (excluding diaryl/α,β-unsaturated/α-hetero) is 1. The molecule has 6 rings (SSSR count). The van der Waals surface area contributed by atoms with Crippen LogP contribution in [0.1, 0.15) is 46.8 Å². The highest BCUT2D eigenvalue weighted by molar-refractivity contribution is 6.03. The molecule has 2 heteroatoms. The topological polar surface area (TPSA) is 30.0 Å². The average Bonchev–Trinajstić information content (AvgIpc) is 3.22. The Bertz CT molecular complexity index is 928. The second kappa shape index (κ2) is 5.63. The number of nitrogens with zero attached hydrogens (tertiary/aromatic N) is 1. The fraction of sp³-hybridized carbons (Fsp3) is 0.250. The van der Waals surface area contributed by atoms with Gasteiger partial charge in [0.25, 0.3) is 0 Å². The molecule has 2 aromatic carbocycles. The van der Waals surface area contributed by atoms with Gasteiger partial charge in [0, 0.05) is 28.8 Å². The van der Waals surface area contributed by atoms with E-state index in [1.54, 1.807) is 0 Å². The van der Waals surface area contributed by atoms with Crippen molar-refractivity contribution in [2.75, 3.05) is 0 Å². The highest BCUT2D eigenvalue weighted by Gasteiger charge is 2.70. The van der Waals surface area contributed by atoms with Gasteiger partial charge in [-0.1, -0.05) is 66.7 Å². The minimum absolute atomic E-state index is 0.119. The molecule has 3 saturated carbocycles. The van der Waals surface area contributed by atoms with Crippen LogP contribution >= 0.6 is 0 Å². The highest BCUT2D eigenvalue weighted by atomic mass is 16.1. The van der Waals surface area contributed by atoms with Crippen molar-refractivity contribution in [3.8, 4) is 0 Å². The van der Waals surface area contributed by atoms with Crippen LogP contribution in [0.5, 0.6) is 0 Å². The molecule has 0 unspecified atom stereocenters. The van der Waals surface area contributed by atoms with Crippen LogP contribution in [-0.4, -0.2) is 10.8 Å². The number of pyridine rings is 1. The summed E-state index contributed by atoms with van der Waals surface area (Å²) in [6.07, 6.45) is 4.71. The van der Waals surface area contributed by atoms with Crippen LogP contribution in [0.2, 0.25) is 0 Å². The molecule has 3 aliphatic rings. The summed E-state index contributed by atoms with van der Waals surface area (Å²) in [4.78, 5) is 18.2. The SMILES string of the molecule is O=C(c1ccccc1)C12CC(c3ccccc3)(C[C@H]1c1ccccn1)C2. The van der Waals surface area contributed by atoms with Crippen molar-refractivity contribution in [2.45, 2.75) is 30.6 Å². The molecule has 1 atom stereocenters. The van der Waals surface area contributed by atoms with Gasteiger partial charge in [-0.25, -0.2) is 0 Å². The fourth-order valence-electron chi connectivity index (χ4n) is 5.41. The standard InChI is InChI=1S/C24H21NO/c26-22(18-9-3-1-4-10-18)24-16-23(17-24,19-11-5-2-6-12-19)15-20(24)21-13-7-8-14-25-21/h1-14,20H,15-17H2/t20-,23?,24?/m0/s1. The van der Waals surface area contributed by atoms with Gasteiger partial charge < -0.3 is 0 Å². The van der Waals surface area contributed by atoms with Crippen LogP contribution in [-0.2, 0) is 5.41 Å². The molecular weight excluding hydrogens is 318 g/mol. The number of rotatable bonds is 4. The maximum absolute atomic E-state index is 13.5. The number of hydrogen-bond donors (Lipinski definition) is 0. The van der Waals surface area contributed by atoms with E-state index >= 15 is 0 Å². The molecule has 1 heterocycles. The molecule has 3 fully saturated rings. The molecule has 2 bridgehead atoms. The molecule has 1 aromatic heterocycles. The summed E-state index contributed by atoms with van der Waals surface area (Å²) in [5, 5.41) is 0. The Morgan fingerprint density at radius 2 is 1.50 bits per heavy atom. The Labute approximate surface area is 153 Å². The fourth-order valence-corrected chi connectivity index (χ4v) is 5.41. The van der Waals surface area contributed by atoms with Crippen LogP contribution in [0.4, 0.5) is 0 Å². The third-order valence-corrected chi connectivity index (χ3v) is 6.49. The summed E-state index contributed by atoms with van der Waals surface area (Å²) in [6.45, 7) is 0. The lowest BCUT2D eigenvalue weighted by Crippen LogP contribution is -2.47. The maximum atomic E-state index is 13.5. The van der Waals surface area contributed by atoms with E-state index in [1.165, 1.54) is 5.56 Å². The number of fused-ring (bicyclic) bond motifs is 1. The summed E-state index contributed by atoms with van der Waals surface area (Å²) in [6, 6.07) is 26.6. The predicted octanol–water partition coefficient (Wildman–Crippen LogP) is 5.17. The molecule has 3 aliphatic carbocycles. The van der Waals surface area contributed by atoms with E-state index in [1.807, 2.05) is 48.7 Å². The van der Waals surface area contributed by atoms with Gasteiger partial charge in [-0.3, -0.25) is 9.78 Å². The molecule has 0 amide bonds. The van der Waals surface area contributed by atoms with E-state index < -0.39 is 0 Å². The van der Waals surface area contributed by atoms with Crippen molar-refractivity contribution in [2.24, 2.45) is 5.41 Å². The summed E-state index contributed by atoms with van der Waals surface area (Å²) in [5.74, 6) is 0.481. The van der Waals surface area contributed by atoms with Gasteiger partial charge in [0.1, 0.15) is 0 Å². The molecular formula is C24H21NO. The summed E-state index contributed by atoms with van der Waals surface area (Å²) in [5.41, 5.74) is 3.07. The third-order valence-electron chi connectivity index (χ3n) is 6.49. The van der Waals surface area contributed by atoms with Gasteiger partial charge in [0.2, 0.25) is 0 Å². The van der Waals surface area contributed by atoms with Crippen molar-refractivity contribution in [3.63, 3.8) is 0 Å². The van der Waals surface area contributed by atoms with E-state index in [0.717, 1.165) is 30.5 Å². The lowest BCUT2D eigenvalue weighted by atomic mass is 9.54. The van der Waals surface area contributed by atoms with E-state index in [2.05, 4.69) is 41.4 Å². The number of carbonyl (C=O) groups is 1. The minimum atomic E-state index is -0.314. The van der Waals surface area contributed by atoms with Crippen LogP contribution < -0.4 is 0 Å². The van der Waals surface area contributed by atoms with Crippen molar-refractivity contribution >= 4 is 5.78 Å². The van der Waals surface area contributed by atoms with Gasteiger partial charge in [-0.2, -0.15) is 0 Å². The van der Waals surface area contributed by atoms with Gasteiger partial charge in [0.05, 0.1) is 0 Å². The molecule has 2 nitrogen and oxygen atoms in total. The average molecular weight is 339 g/mol. The predicted molar refractivity (Wildman–Crippen MR) is 102 cm³/mol. The summed E-state index contributed by atoms with van der Waals surface area (Å²) in [7, 11) is 0. The quantitative estimate of drug-likeness (QED) is 0.614. The first-order chi connectivity index (χ1) is 12.7. The first-order valence-corrected chi connectivity index (χ1v) is 9.30. The lowest BCUT2D eigenvalue weighted by molar-refractivity contribution is 0.0537. The van der Waals surface area contributed by atoms with Crippen molar-refractivity contribution in [1.82, 2.24) is 4.98 Å². The van der Waals surface area contributed by atoms with Crippen molar-refractivity contribution in [1.29, 1.82) is 0 Å². The largest absolute Gasteiger partial charge is 0.294 e. The molecule has 0 aliphatic heterocycles. The zero-order valence-corrected chi connectivity index (χ0v) is 14.6. The Morgan fingerprint density at radius 1 is 0.846 bits per heavy atom. The Balaban J connectivity index is 1.59. The van der Waals surface area contributed by atoms with Crippen LogP contribution in [0.3, 0.4) is 0 Å². The van der Waals surface area contributed by atoms with Crippen LogP contribution in [0.25, 0.3) is 0 Å². The van der Waals surface area contributed by atoms with Gasteiger partial charge in [-0.05, 0) is 42.4 Å². The summed E-state index contributed by atoms with van der Waals surface area (Å²) < 4.78 is 0. The zero-order chi connectivity index (χ0) is 17.6. The zero-order valence-electron chi connectivity index (χ0n) is 14.6. The van der Waals surface area contributed by atoms with Gasteiger partial charge in [0.15, 0.2) is 5.78 Å². The second-order valence-corrected chi connectivity index (χ2v) is 7.86. The molecule has 128 valence electrons. The van der Waals surface area contributed by atoms with E-state index in [4.69, 9.17) is 0 Å². The second-order valence-electron chi connectivity index (χ2n) is 7.86. The smallest absolute Gasteiger partial charge is 0.169 e. The molecule has 0 N–H and O–H groups in total.